The molecule has 2 heterocycles. The molecular weight excluding hydrogens is 322 g/mol. The van der Waals surface area contributed by atoms with E-state index in [1.165, 1.54) is 4.88 Å². The molecule has 0 radical (unpaired) electrons. The molecule has 0 aliphatic carbocycles. The minimum Gasteiger partial charge on any atom is -0.242 e. The molecule has 2 aromatic rings. The smallest absolute Gasteiger partial charge is 0.134 e. The summed E-state index contributed by atoms with van der Waals surface area (Å²) in [6.45, 7) is 0. The van der Waals surface area contributed by atoms with Crippen molar-refractivity contribution in [3.8, 4) is 9.88 Å². The van der Waals surface area contributed by atoms with Crippen LogP contribution in [0.4, 0.5) is 0 Å². The van der Waals surface area contributed by atoms with E-state index in [0.29, 0.717) is 0 Å². The van der Waals surface area contributed by atoms with Crippen LogP contribution in [0.2, 0.25) is 0 Å². The number of halogens is 2. The Labute approximate surface area is 94.7 Å². The van der Waals surface area contributed by atoms with Crippen LogP contribution in [0.15, 0.2) is 25.9 Å². The molecule has 0 aromatic carbocycles. The number of thiazole rings is 1. The molecule has 12 heavy (non-hydrogen) atoms. The Hall–Kier alpha value is 0.290. The summed E-state index contributed by atoms with van der Waals surface area (Å²) in [7, 11) is 0. The van der Waals surface area contributed by atoms with Crippen molar-refractivity contribution in [2.45, 2.75) is 0 Å². The minimum atomic E-state index is 1.07. The van der Waals surface area contributed by atoms with Crippen molar-refractivity contribution in [2.75, 3.05) is 0 Å². The molecule has 0 spiro atoms. The molecule has 0 unspecified atom stereocenters. The molecule has 2 aromatic heterocycles. The van der Waals surface area contributed by atoms with Crippen LogP contribution in [0, 0.1) is 0 Å². The van der Waals surface area contributed by atoms with Crippen LogP contribution < -0.4 is 0 Å². The zero-order valence-corrected chi connectivity index (χ0v) is 10.6. The van der Waals surface area contributed by atoms with E-state index in [-0.39, 0.29) is 0 Å². The fourth-order valence-electron chi connectivity index (χ4n) is 0.798. The highest BCUT2D eigenvalue weighted by atomic mass is 79.9. The topological polar surface area (TPSA) is 12.9 Å². The second kappa shape index (κ2) is 3.57. The minimum absolute atomic E-state index is 1.07. The number of hydrogen-bond donors (Lipinski definition) is 0. The van der Waals surface area contributed by atoms with Gasteiger partial charge in [0.25, 0.3) is 0 Å². The van der Waals surface area contributed by atoms with Gasteiger partial charge in [-0.2, -0.15) is 0 Å². The summed E-state index contributed by atoms with van der Waals surface area (Å²) in [5.74, 6) is 0. The van der Waals surface area contributed by atoms with Gasteiger partial charge in [-0.05, 0) is 44.0 Å². The second-order valence-corrected chi connectivity index (χ2v) is 6.95. The summed E-state index contributed by atoms with van der Waals surface area (Å²) in [5, 5.41) is 1.07. The lowest BCUT2D eigenvalue weighted by molar-refractivity contribution is 1.42. The first-order chi connectivity index (χ1) is 5.75. The lowest BCUT2D eigenvalue weighted by atomic mass is 10.5. The van der Waals surface area contributed by atoms with Gasteiger partial charge >= 0.3 is 0 Å². The highest BCUT2D eigenvalue weighted by Crippen LogP contribution is 2.34. The van der Waals surface area contributed by atoms with Crippen LogP contribution in [0.3, 0.4) is 0 Å². The van der Waals surface area contributed by atoms with Gasteiger partial charge in [-0.15, -0.1) is 22.7 Å². The third-order valence-electron chi connectivity index (χ3n) is 1.26. The van der Waals surface area contributed by atoms with Gasteiger partial charge in [0.05, 0.1) is 18.6 Å². The van der Waals surface area contributed by atoms with Crippen LogP contribution in [0.25, 0.3) is 9.88 Å². The van der Waals surface area contributed by atoms with Gasteiger partial charge in [0.1, 0.15) is 5.01 Å². The fraction of sp³-hybridized carbons (Fsp3) is 0. The largest absolute Gasteiger partial charge is 0.242 e. The number of nitrogens with zero attached hydrogens (tertiary/aromatic N) is 1. The van der Waals surface area contributed by atoms with Crippen molar-refractivity contribution < 1.29 is 0 Å². The van der Waals surface area contributed by atoms with Crippen molar-refractivity contribution in [3.63, 3.8) is 0 Å². The first-order valence-electron chi connectivity index (χ1n) is 3.13. The maximum atomic E-state index is 4.26. The van der Waals surface area contributed by atoms with Crippen molar-refractivity contribution in [2.24, 2.45) is 0 Å². The van der Waals surface area contributed by atoms with Gasteiger partial charge in [0.2, 0.25) is 0 Å². The normalized spacial score (nSPS) is 10.5. The zero-order chi connectivity index (χ0) is 8.55. The number of hydrogen-bond acceptors (Lipinski definition) is 3. The second-order valence-electron chi connectivity index (χ2n) is 2.07. The maximum Gasteiger partial charge on any atom is 0.134 e. The van der Waals surface area contributed by atoms with E-state index in [9.17, 15) is 0 Å². The molecule has 0 fully saturated rings. The molecule has 0 aliphatic rings. The highest BCUT2D eigenvalue weighted by Gasteiger charge is 2.04. The summed E-state index contributed by atoms with van der Waals surface area (Å²) in [6.07, 6.45) is 1.83. The van der Waals surface area contributed by atoms with Crippen LogP contribution in [-0.4, -0.2) is 4.98 Å². The van der Waals surface area contributed by atoms with E-state index in [0.717, 1.165) is 12.6 Å². The molecular formula is C7H3Br2NS2. The Morgan fingerprint density at radius 2 is 1.92 bits per heavy atom. The van der Waals surface area contributed by atoms with Gasteiger partial charge in [-0.25, -0.2) is 4.98 Å². The molecule has 0 atom stereocenters. The zero-order valence-electron chi connectivity index (χ0n) is 5.75. The Morgan fingerprint density at radius 1 is 1.08 bits per heavy atom. The Bertz CT molecular complexity index is 355. The average Bonchev–Trinajstić information content (AvgIpc) is 2.58. The number of thiophene rings is 1. The summed E-state index contributed by atoms with van der Waals surface area (Å²) in [5.41, 5.74) is 0. The van der Waals surface area contributed by atoms with Gasteiger partial charge < -0.3 is 0 Å². The van der Waals surface area contributed by atoms with Gasteiger partial charge in [0, 0.05) is 0 Å². The average molecular weight is 325 g/mol. The van der Waals surface area contributed by atoms with Crippen LogP contribution in [-0.2, 0) is 0 Å². The molecule has 0 saturated heterocycles. The van der Waals surface area contributed by atoms with E-state index in [1.54, 1.807) is 22.7 Å². The summed E-state index contributed by atoms with van der Waals surface area (Å²) < 4.78 is 2.21. The van der Waals surface area contributed by atoms with Crippen LogP contribution in [0.5, 0.6) is 0 Å². The monoisotopic (exact) mass is 323 g/mol. The lowest BCUT2D eigenvalue weighted by Crippen LogP contribution is -1.63. The Morgan fingerprint density at radius 3 is 2.42 bits per heavy atom. The van der Waals surface area contributed by atoms with E-state index in [4.69, 9.17) is 0 Å². The molecule has 0 aliphatic heterocycles. The van der Waals surface area contributed by atoms with Gasteiger partial charge in [-0.3, -0.25) is 0 Å². The first kappa shape index (κ1) is 8.87. The molecule has 0 amide bonds. The first-order valence-corrected chi connectivity index (χ1v) is 6.34. The van der Waals surface area contributed by atoms with Crippen molar-refractivity contribution in [1.82, 2.24) is 4.98 Å². The third-order valence-corrected chi connectivity index (χ3v) is 4.53. The quantitative estimate of drug-likeness (QED) is 0.757. The van der Waals surface area contributed by atoms with Crippen molar-refractivity contribution in [3.05, 3.63) is 25.9 Å². The lowest BCUT2D eigenvalue weighted by Gasteiger charge is -1.84. The standard InChI is InChI=1S/C7H3Br2NS2/c8-5-2-1-4(11-5)7-10-3-6(9)12-7/h1-3H. The predicted molar refractivity (Wildman–Crippen MR) is 60.8 cm³/mol. The van der Waals surface area contributed by atoms with Gasteiger partial charge in [0.15, 0.2) is 0 Å². The summed E-state index contributed by atoms with van der Waals surface area (Å²) in [6, 6.07) is 4.11. The summed E-state index contributed by atoms with van der Waals surface area (Å²) in [4.78, 5) is 5.47. The van der Waals surface area contributed by atoms with E-state index >= 15 is 0 Å². The van der Waals surface area contributed by atoms with Crippen molar-refractivity contribution in [1.29, 1.82) is 0 Å². The third kappa shape index (κ3) is 1.79. The Balaban J connectivity index is 2.43. The molecule has 62 valence electrons. The highest BCUT2D eigenvalue weighted by molar-refractivity contribution is 9.11. The SMILES string of the molecule is Brc1ccc(-c2ncc(Br)s2)s1. The number of aromatic nitrogens is 1. The van der Waals surface area contributed by atoms with Crippen molar-refractivity contribution >= 4 is 54.5 Å². The molecule has 2 rings (SSSR count). The molecule has 0 bridgehead atoms. The van der Waals surface area contributed by atoms with E-state index in [2.05, 4.69) is 42.9 Å². The molecule has 0 N–H and O–H groups in total. The van der Waals surface area contributed by atoms with E-state index < -0.39 is 0 Å². The maximum absolute atomic E-state index is 4.26. The summed E-state index contributed by atoms with van der Waals surface area (Å²) >= 11 is 10.2. The molecule has 5 heteroatoms. The van der Waals surface area contributed by atoms with E-state index in [1.807, 2.05) is 12.3 Å². The van der Waals surface area contributed by atoms with Crippen LogP contribution in [0.1, 0.15) is 0 Å². The fourth-order valence-corrected chi connectivity index (χ4v) is 3.45. The Kier molecular flexibility index (Phi) is 2.64. The van der Waals surface area contributed by atoms with Crippen LogP contribution >= 0.6 is 54.5 Å². The molecule has 0 saturated carbocycles. The predicted octanol–water partition coefficient (Wildman–Crippen LogP) is 4.40. The number of rotatable bonds is 1. The molecule has 1 nitrogen and oxygen atoms in total. The van der Waals surface area contributed by atoms with Gasteiger partial charge in [-0.1, -0.05) is 0 Å².